The van der Waals surface area contributed by atoms with Crippen LogP contribution in [0.4, 0.5) is 10.5 Å². The first-order valence-corrected chi connectivity index (χ1v) is 10.7. The van der Waals surface area contributed by atoms with E-state index in [0.29, 0.717) is 18.8 Å². The van der Waals surface area contributed by atoms with Gasteiger partial charge in [-0.1, -0.05) is 12.1 Å². The van der Waals surface area contributed by atoms with Crippen molar-refractivity contribution >= 4 is 29.5 Å². The summed E-state index contributed by atoms with van der Waals surface area (Å²) in [4.78, 5) is 51.9. The van der Waals surface area contributed by atoms with Crippen LogP contribution in [0.1, 0.15) is 31.2 Å². The first kappa shape index (κ1) is 22.6. The van der Waals surface area contributed by atoms with Crippen molar-refractivity contribution in [3.05, 3.63) is 29.8 Å². The lowest BCUT2D eigenvalue weighted by molar-refractivity contribution is -0.141. The molecule has 0 spiro atoms. The third-order valence-electron chi connectivity index (χ3n) is 5.68. The summed E-state index contributed by atoms with van der Waals surface area (Å²) in [6.45, 7) is 2.59. The predicted octanol–water partition coefficient (Wildman–Crippen LogP) is 1.38. The van der Waals surface area contributed by atoms with Crippen LogP contribution in [0.5, 0.6) is 0 Å². The molecule has 9 nitrogen and oxygen atoms in total. The molecule has 4 amide bonds. The second-order valence-electron chi connectivity index (χ2n) is 7.98. The first-order valence-electron chi connectivity index (χ1n) is 10.7. The molecule has 2 fully saturated rings. The normalized spacial score (nSPS) is 18.4. The minimum absolute atomic E-state index is 0.0461. The second-order valence-corrected chi connectivity index (χ2v) is 7.98. The lowest BCUT2D eigenvalue weighted by Gasteiger charge is -2.34. The Morgan fingerprint density at radius 3 is 2.35 bits per heavy atom. The summed E-state index contributed by atoms with van der Waals surface area (Å²) >= 11 is 0. The minimum atomic E-state index is -0.505. The molecule has 168 valence electrons. The molecule has 2 aliphatic heterocycles. The summed E-state index contributed by atoms with van der Waals surface area (Å²) in [5, 5.41) is 5.40. The topological polar surface area (TPSA) is 108 Å². The van der Waals surface area contributed by atoms with Gasteiger partial charge in [-0.3, -0.25) is 14.4 Å². The number of ether oxygens (including phenoxy) is 1. The summed E-state index contributed by atoms with van der Waals surface area (Å²) in [5.74, 6) is -1.12. The molecule has 31 heavy (non-hydrogen) atoms. The zero-order valence-corrected chi connectivity index (χ0v) is 17.9. The maximum atomic E-state index is 12.7. The molecule has 9 heteroatoms. The number of amides is 4. The zero-order valence-electron chi connectivity index (χ0n) is 17.9. The number of carbonyl (C=O) groups excluding carboxylic acids is 4. The molecule has 0 bridgehead atoms. The van der Waals surface area contributed by atoms with Gasteiger partial charge in [0.2, 0.25) is 11.8 Å². The van der Waals surface area contributed by atoms with Crippen LogP contribution in [0.2, 0.25) is 0 Å². The third kappa shape index (κ3) is 6.44. The fourth-order valence-corrected chi connectivity index (χ4v) is 3.91. The average Bonchev–Trinajstić information content (AvgIpc) is 3.33. The first-order chi connectivity index (χ1) is 15.0. The van der Waals surface area contributed by atoms with Crippen molar-refractivity contribution in [3.8, 4) is 0 Å². The SMILES string of the molecule is COC(=O)CNC(=O)Cc1ccc(NC(=O)C2CCCN(C(=O)N3CCCC3)C2)cc1. The molecule has 1 aromatic carbocycles. The van der Waals surface area contributed by atoms with E-state index in [0.717, 1.165) is 44.3 Å². The molecule has 3 rings (SSSR count). The number of piperidine rings is 1. The maximum absolute atomic E-state index is 12.7. The van der Waals surface area contributed by atoms with Gasteiger partial charge in [0.05, 0.1) is 19.4 Å². The minimum Gasteiger partial charge on any atom is -0.468 e. The van der Waals surface area contributed by atoms with Gasteiger partial charge in [0.15, 0.2) is 0 Å². The molecule has 1 unspecified atom stereocenters. The summed E-state index contributed by atoms with van der Waals surface area (Å²) in [7, 11) is 1.26. The number of benzene rings is 1. The highest BCUT2D eigenvalue weighted by atomic mass is 16.5. The second kappa shape index (κ2) is 10.8. The molecule has 0 radical (unpaired) electrons. The number of rotatable bonds is 6. The number of carbonyl (C=O) groups is 4. The number of hydrogen-bond donors (Lipinski definition) is 2. The number of esters is 1. The Labute approximate surface area is 182 Å². The van der Waals surface area contributed by atoms with Crippen LogP contribution < -0.4 is 10.6 Å². The Morgan fingerprint density at radius 2 is 1.68 bits per heavy atom. The summed E-state index contributed by atoms with van der Waals surface area (Å²) in [6.07, 6.45) is 3.80. The zero-order chi connectivity index (χ0) is 22.2. The van der Waals surface area contributed by atoms with E-state index in [1.165, 1.54) is 7.11 Å². The van der Waals surface area contributed by atoms with Gasteiger partial charge in [0.25, 0.3) is 0 Å². The van der Waals surface area contributed by atoms with E-state index in [-0.39, 0.29) is 36.7 Å². The van der Waals surface area contributed by atoms with Gasteiger partial charge in [-0.05, 0) is 43.4 Å². The number of likely N-dealkylation sites (tertiary alicyclic amines) is 2. The Kier molecular flexibility index (Phi) is 7.86. The number of anilines is 1. The average molecular weight is 431 g/mol. The third-order valence-corrected chi connectivity index (χ3v) is 5.68. The van der Waals surface area contributed by atoms with E-state index < -0.39 is 5.97 Å². The van der Waals surface area contributed by atoms with E-state index in [4.69, 9.17) is 0 Å². The van der Waals surface area contributed by atoms with Gasteiger partial charge in [-0.25, -0.2) is 4.79 Å². The van der Waals surface area contributed by atoms with Crippen LogP contribution in [0, 0.1) is 5.92 Å². The lowest BCUT2D eigenvalue weighted by Crippen LogP contribution is -2.48. The summed E-state index contributed by atoms with van der Waals surface area (Å²) in [5.41, 5.74) is 1.41. The molecule has 0 aromatic heterocycles. The van der Waals surface area contributed by atoms with Gasteiger partial charge >= 0.3 is 12.0 Å². The molecule has 2 saturated heterocycles. The van der Waals surface area contributed by atoms with Gasteiger partial charge in [-0.2, -0.15) is 0 Å². The number of nitrogens with zero attached hydrogens (tertiary/aromatic N) is 2. The van der Waals surface area contributed by atoms with Crippen molar-refractivity contribution in [1.29, 1.82) is 0 Å². The Balaban J connectivity index is 1.48. The number of urea groups is 1. The maximum Gasteiger partial charge on any atom is 0.325 e. The molecule has 1 aromatic rings. The van der Waals surface area contributed by atoms with Crippen LogP contribution in [0.15, 0.2) is 24.3 Å². The van der Waals surface area contributed by atoms with Crippen molar-refractivity contribution in [2.24, 2.45) is 5.92 Å². The van der Waals surface area contributed by atoms with Gasteiger partial charge in [0.1, 0.15) is 6.54 Å². The van der Waals surface area contributed by atoms with Gasteiger partial charge < -0.3 is 25.2 Å². The molecule has 2 heterocycles. The predicted molar refractivity (Wildman–Crippen MR) is 114 cm³/mol. The Bertz CT molecular complexity index is 805. The fraction of sp³-hybridized carbons (Fsp3) is 0.545. The Morgan fingerprint density at radius 1 is 1.00 bits per heavy atom. The van der Waals surface area contributed by atoms with E-state index in [9.17, 15) is 19.2 Å². The number of nitrogens with one attached hydrogen (secondary N) is 2. The molecule has 0 aliphatic carbocycles. The Hall–Kier alpha value is -3.10. The highest BCUT2D eigenvalue weighted by Gasteiger charge is 2.31. The van der Waals surface area contributed by atoms with Crippen LogP contribution in [-0.4, -0.2) is 73.4 Å². The smallest absolute Gasteiger partial charge is 0.325 e. The fourth-order valence-electron chi connectivity index (χ4n) is 3.91. The van der Waals surface area contributed by atoms with Crippen molar-refractivity contribution in [2.45, 2.75) is 32.1 Å². The van der Waals surface area contributed by atoms with Crippen LogP contribution in [0.25, 0.3) is 0 Å². The van der Waals surface area contributed by atoms with Crippen molar-refractivity contribution in [1.82, 2.24) is 15.1 Å². The van der Waals surface area contributed by atoms with Crippen molar-refractivity contribution in [2.75, 3.05) is 45.2 Å². The summed E-state index contributed by atoms with van der Waals surface area (Å²) < 4.78 is 4.48. The van der Waals surface area contributed by atoms with Crippen LogP contribution >= 0.6 is 0 Å². The molecule has 1 atom stereocenters. The number of methoxy groups -OCH3 is 1. The van der Waals surface area contributed by atoms with E-state index in [1.54, 1.807) is 29.2 Å². The molecular formula is C22H30N4O5. The summed E-state index contributed by atoms with van der Waals surface area (Å²) in [6, 6.07) is 7.06. The standard InChI is InChI=1S/C22H30N4O5/c1-31-20(28)14-23-19(27)13-16-6-8-18(9-7-16)24-21(29)17-5-4-12-26(15-17)22(30)25-10-2-3-11-25/h6-9,17H,2-5,10-15H2,1H3,(H,23,27)(H,24,29). The molecule has 2 aliphatic rings. The van der Waals surface area contributed by atoms with Crippen molar-refractivity contribution < 1.29 is 23.9 Å². The van der Waals surface area contributed by atoms with E-state index >= 15 is 0 Å². The highest BCUT2D eigenvalue weighted by Crippen LogP contribution is 2.21. The molecule has 0 saturated carbocycles. The quantitative estimate of drug-likeness (QED) is 0.663. The highest BCUT2D eigenvalue weighted by molar-refractivity contribution is 5.93. The van der Waals surface area contributed by atoms with E-state index in [1.807, 2.05) is 4.90 Å². The van der Waals surface area contributed by atoms with Gasteiger partial charge in [-0.15, -0.1) is 0 Å². The molecular weight excluding hydrogens is 400 g/mol. The number of hydrogen-bond acceptors (Lipinski definition) is 5. The lowest BCUT2D eigenvalue weighted by atomic mass is 9.97. The molecule has 2 N–H and O–H groups in total. The van der Waals surface area contributed by atoms with Crippen LogP contribution in [-0.2, 0) is 25.5 Å². The van der Waals surface area contributed by atoms with E-state index in [2.05, 4.69) is 15.4 Å². The largest absolute Gasteiger partial charge is 0.468 e. The van der Waals surface area contributed by atoms with Crippen molar-refractivity contribution in [3.63, 3.8) is 0 Å². The van der Waals surface area contributed by atoms with Gasteiger partial charge in [0, 0.05) is 31.9 Å². The van der Waals surface area contributed by atoms with Crippen LogP contribution in [0.3, 0.4) is 0 Å². The monoisotopic (exact) mass is 430 g/mol.